The molecule has 0 bridgehead atoms. The minimum atomic E-state index is -0.436. The largest absolute Gasteiger partial charge is 0.491 e. The molecule has 1 fully saturated rings. The average molecular weight is 236 g/mol. The third-order valence-corrected chi connectivity index (χ3v) is 2.97. The van der Waals surface area contributed by atoms with E-state index in [1.165, 1.54) is 12.8 Å². The molecule has 1 heterocycles. The summed E-state index contributed by atoms with van der Waals surface area (Å²) in [6.45, 7) is 3.20. The van der Waals surface area contributed by atoms with E-state index in [9.17, 15) is 5.11 Å². The highest BCUT2D eigenvalue weighted by atomic mass is 16.5. The Morgan fingerprint density at radius 1 is 1.35 bits per heavy atom. The lowest BCUT2D eigenvalue weighted by atomic mass is 10.3. The van der Waals surface area contributed by atoms with E-state index < -0.39 is 6.10 Å². The van der Waals surface area contributed by atoms with Gasteiger partial charge in [-0.3, -0.25) is 0 Å². The number of rotatable bonds is 5. The average Bonchev–Trinajstić information content (AvgIpc) is 2.79. The number of anilines is 1. The molecule has 17 heavy (non-hydrogen) atoms. The first kappa shape index (κ1) is 12.2. The molecule has 1 aromatic rings. The van der Waals surface area contributed by atoms with Gasteiger partial charge in [-0.1, -0.05) is 6.07 Å². The molecular weight excluding hydrogens is 216 g/mol. The summed E-state index contributed by atoms with van der Waals surface area (Å²) in [6, 6.07) is 7.27. The molecule has 1 saturated heterocycles. The van der Waals surface area contributed by atoms with Gasteiger partial charge < -0.3 is 20.5 Å². The Hall–Kier alpha value is -1.26. The molecule has 1 aromatic carbocycles. The number of nitrogen functional groups attached to an aromatic ring is 1. The summed E-state index contributed by atoms with van der Waals surface area (Å²) in [5, 5.41) is 9.84. The number of hydrogen-bond acceptors (Lipinski definition) is 4. The Morgan fingerprint density at radius 2 is 2.12 bits per heavy atom. The highest BCUT2D eigenvalue weighted by Gasteiger charge is 2.15. The van der Waals surface area contributed by atoms with Crippen molar-refractivity contribution < 1.29 is 9.84 Å². The Kier molecular flexibility index (Phi) is 4.23. The number of ether oxygens (including phenoxy) is 1. The molecule has 4 heteroatoms. The lowest BCUT2D eigenvalue weighted by Crippen LogP contribution is -2.33. The lowest BCUT2D eigenvalue weighted by Gasteiger charge is -2.19. The van der Waals surface area contributed by atoms with Crippen molar-refractivity contribution in [2.75, 3.05) is 32.0 Å². The van der Waals surface area contributed by atoms with E-state index in [1.807, 2.05) is 18.2 Å². The summed E-state index contributed by atoms with van der Waals surface area (Å²) in [4.78, 5) is 2.27. The molecule has 1 unspecified atom stereocenters. The number of benzene rings is 1. The van der Waals surface area contributed by atoms with Crippen molar-refractivity contribution in [2.24, 2.45) is 0 Å². The van der Waals surface area contributed by atoms with E-state index in [1.54, 1.807) is 6.07 Å². The van der Waals surface area contributed by atoms with Gasteiger partial charge in [0.25, 0.3) is 0 Å². The Balaban J connectivity index is 1.73. The topological polar surface area (TPSA) is 58.7 Å². The van der Waals surface area contributed by atoms with Crippen LogP contribution in [0.5, 0.6) is 5.75 Å². The number of nitrogens with two attached hydrogens (primary N) is 1. The molecule has 1 aliphatic rings. The predicted molar refractivity (Wildman–Crippen MR) is 68.0 cm³/mol. The molecular formula is C13H20N2O2. The van der Waals surface area contributed by atoms with E-state index in [-0.39, 0.29) is 0 Å². The Labute approximate surface area is 102 Å². The fourth-order valence-electron chi connectivity index (χ4n) is 2.11. The summed E-state index contributed by atoms with van der Waals surface area (Å²) in [5.41, 5.74) is 6.32. The number of aliphatic hydroxyl groups is 1. The monoisotopic (exact) mass is 236 g/mol. The second-order valence-electron chi connectivity index (χ2n) is 4.55. The van der Waals surface area contributed by atoms with Crippen molar-refractivity contribution >= 4 is 5.69 Å². The van der Waals surface area contributed by atoms with E-state index in [0.29, 0.717) is 24.6 Å². The van der Waals surface area contributed by atoms with Gasteiger partial charge in [0.2, 0.25) is 0 Å². The van der Waals surface area contributed by atoms with Crippen LogP contribution >= 0.6 is 0 Å². The molecule has 1 aliphatic heterocycles. The first-order valence-electron chi connectivity index (χ1n) is 6.13. The van der Waals surface area contributed by atoms with Gasteiger partial charge in [-0.2, -0.15) is 0 Å². The first-order chi connectivity index (χ1) is 8.24. The van der Waals surface area contributed by atoms with Gasteiger partial charge in [0.05, 0.1) is 0 Å². The maximum absolute atomic E-state index is 9.84. The quantitative estimate of drug-likeness (QED) is 0.752. The number of nitrogens with zero attached hydrogens (tertiary/aromatic N) is 1. The van der Waals surface area contributed by atoms with Gasteiger partial charge in [0.15, 0.2) is 0 Å². The zero-order valence-corrected chi connectivity index (χ0v) is 10.0. The van der Waals surface area contributed by atoms with Crippen LogP contribution in [-0.2, 0) is 0 Å². The van der Waals surface area contributed by atoms with E-state index >= 15 is 0 Å². The van der Waals surface area contributed by atoms with Crippen LogP contribution in [0.2, 0.25) is 0 Å². The van der Waals surface area contributed by atoms with Crippen LogP contribution in [0.1, 0.15) is 12.8 Å². The summed E-state index contributed by atoms with van der Waals surface area (Å²) < 4.78 is 5.50. The third kappa shape index (κ3) is 3.91. The minimum absolute atomic E-state index is 0.319. The predicted octanol–water partition coefficient (Wildman–Crippen LogP) is 1.10. The fraction of sp³-hybridized carbons (Fsp3) is 0.538. The second kappa shape index (κ2) is 5.89. The fourth-order valence-corrected chi connectivity index (χ4v) is 2.11. The van der Waals surface area contributed by atoms with Gasteiger partial charge in [0.1, 0.15) is 18.5 Å². The van der Waals surface area contributed by atoms with Crippen LogP contribution < -0.4 is 10.5 Å². The minimum Gasteiger partial charge on any atom is -0.491 e. The highest BCUT2D eigenvalue weighted by molar-refractivity contribution is 5.43. The maximum atomic E-state index is 9.84. The molecule has 4 nitrogen and oxygen atoms in total. The van der Waals surface area contributed by atoms with Crippen LogP contribution in [0, 0.1) is 0 Å². The van der Waals surface area contributed by atoms with Crippen molar-refractivity contribution in [3.8, 4) is 5.75 Å². The van der Waals surface area contributed by atoms with E-state index in [2.05, 4.69) is 4.90 Å². The van der Waals surface area contributed by atoms with Crippen LogP contribution in [-0.4, -0.2) is 42.4 Å². The summed E-state index contributed by atoms with van der Waals surface area (Å²) in [7, 11) is 0. The van der Waals surface area contributed by atoms with Crippen LogP contribution in [0.25, 0.3) is 0 Å². The zero-order chi connectivity index (χ0) is 12.1. The molecule has 1 atom stereocenters. The van der Waals surface area contributed by atoms with Crippen LogP contribution in [0.3, 0.4) is 0 Å². The van der Waals surface area contributed by atoms with E-state index in [0.717, 1.165) is 13.1 Å². The molecule has 0 saturated carbocycles. The number of hydrogen-bond donors (Lipinski definition) is 2. The number of likely N-dealkylation sites (tertiary alicyclic amines) is 1. The lowest BCUT2D eigenvalue weighted by molar-refractivity contribution is 0.0758. The second-order valence-corrected chi connectivity index (χ2v) is 4.55. The Bertz CT molecular complexity index is 351. The standard InChI is InChI=1S/C13H20N2O2/c14-11-4-3-5-13(8-11)17-10-12(16)9-15-6-1-2-7-15/h3-5,8,12,16H,1-2,6-7,9-10,14H2. The third-order valence-electron chi connectivity index (χ3n) is 2.97. The smallest absolute Gasteiger partial charge is 0.121 e. The van der Waals surface area contributed by atoms with Gasteiger partial charge in [0, 0.05) is 18.3 Å². The van der Waals surface area contributed by atoms with Crippen molar-refractivity contribution in [1.29, 1.82) is 0 Å². The van der Waals surface area contributed by atoms with Crippen LogP contribution in [0.15, 0.2) is 24.3 Å². The normalized spacial score (nSPS) is 18.2. The summed E-state index contributed by atoms with van der Waals surface area (Å²) >= 11 is 0. The van der Waals surface area contributed by atoms with Gasteiger partial charge in [-0.15, -0.1) is 0 Å². The number of aliphatic hydroxyl groups excluding tert-OH is 1. The van der Waals surface area contributed by atoms with Crippen molar-refractivity contribution in [3.63, 3.8) is 0 Å². The molecule has 0 aliphatic carbocycles. The molecule has 0 amide bonds. The summed E-state index contributed by atoms with van der Waals surface area (Å²) in [6.07, 6.45) is 2.04. The maximum Gasteiger partial charge on any atom is 0.121 e. The molecule has 0 radical (unpaired) electrons. The van der Waals surface area contributed by atoms with Crippen LogP contribution in [0.4, 0.5) is 5.69 Å². The SMILES string of the molecule is Nc1cccc(OCC(O)CN2CCCC2)c1. The molecule has 3 N–H and O–H groups in total. The van der Waals surface area contributed by atoms with Gasteiger partial charge >= 0.3 is 0 Å². The molecule has 94 valence electrons. The molecule has 0 aromatic heterocycles. The van der Waals surface area contributed by atoms with Crippen molar-refractivity contribution in [2.45, 2.75) is 18.9 Å². The van der Waals surface area contributed by atoms with Crippen molar-refractivity contribution in [1.82, 2.24) is 4.90 Å². The van der Waals surface area contributed by atoms with Crippen molar-refractivity contribution in [3.05, 3.63) is 24.3 Å². The van der Waals surface area contributed by atoms with Gasteiger partial charge in [-0.25, -0.2) is 0 Å². The molecule has 0 spiro atoms. The van der Waals surface area contributed by atoms with Gasteiger partial charge in [-0.05, 0) is 38.1 Å². The number of β-amino-alcohol motifs (C(OH)–C–C–N with tert-alkyl or cyclic N) is 1. The zero-order valence-electron chi connectivity index (χ0n) is 10.0. The molecule has 2 rings (SSSR count). The Morgan fingerprint density at radius 3 is 2.82 bits per heavy atom. The summed E-state index contributed by atoms with van der Waals surface area (Å²) in [5.74, 6) is 0.713. The highest BCUT2D eigenvalue weighted by Crippen LogP contribution is 2.15. The van der Waals surface area contributed by atoms with E-state index in [4.69, 9.17) is 10.5 Å². The first-order valence-corrected chi connectivity index (χ1v) is 6.13.